The fourth-order valence-electron chi connectivity index (χ4n) is 4.38. The lowest BCUT2D eigenvalue weighted by Gasteiger charge is -2.24. The molecule has 1 atom stereocenters. The van der Waals surface area contributed by atoms with E-state index in [2.05, 4.69) is 20.4 Å². The van der Waals surface area contributed by atoms with Crippen LogP contribution in [0.2, 0.25) is 5.02 Å². The Morgan fingerprint density at radius 1 is 1.22 bits per heavy atom. The molecule has 2 N–H and O–H groups in total. The van der Waals surface area contributed by atoms with Crippen molar-refractivity contribution >= 4 is 39.9 Å². The van der Waals surface area contributed by atoms with Crippen LogP contribution in [0.5, 0.6) is 11.5 Å². The minimum absolute atomic E-state index is 0.0940. The molecule has 5 rings (SSSR count). The highest BCUT2D eigenvalue weighted by molar-refractivity contribution is 6.32. The maximum atomic E-state index is 12.0. The predicted octanol–water partition coefficient (Wildman–Crippen LogP) is 4.26. The molecule has 0 spiro atoms. The molecule has 1 amide bonds. The van der Waals surface area contributed by atoms with E-state index < -0.39 is 6.61 Å². The number of fused-ring (bicyclic) bond motifs is 1. The first-order chi connectivity index (χ1) is 18.0. The molecule has 0 bridgehead atoms. The van der Waals surface area contributed by atoms with Crippen molar-refractivity contribution in [3.63, 3.8) is 0 Å². The molecule has 2 aromatic heterocycles. The lowest BCUT2D eigenvalue weighted by atomic mass is 10.2. The van der Waals surface area contributed by atoms with Crippen molar-refractivity contribution in [2.45, 2.75) is 32.4 Å². The Hall–Kier alpha value is -3.89. The van der Waals surface area contributed by atoms with Gasteiger partial charge in [0.15, 0.2) is 0 Å². The van der Waals surface area contributed by atoms with Crippen LogP contribution in [-0.2, 0) is 11.4 Å². The maximum Gasteiger partial charge on any atom is 0.248 e. The van der Waals surface area contributed by atoms with E-state index in [0.29, 0.717) is 63.5 Å². The molecule has 192 valence electrons. The van der Waals surface area contributed by atoms with Gasteiger partial charge in [0.25, 0.3) is 0 Å². The van der Waals surface area contributed by atoms with E-state index in [9.17, 15) is 9.90 Å². The van der Waals surface area contributed by atoms with E-state index in [4.69, 9.17) is 25.6 Å². The number of rotatable bonds is 9. The molecule has 3 heterocycles. The van der Waals surface area contributed by atoms with Gasteiger partial charge in [-0.1, -0.05) is 22.8 Å². The Morgan fingerprint density at radius 2 is 2.11 bits per heavy atom. The number of nitrogens with one attached hydrogen (secondary N) is 1. The van der Waals surface area contributed by atoms with Gasteiger partial charge in [0, 0.05) is 18.3 Å². The first kappa shape index (κ1) is 24.8. The van der Waals surface area contributed by atoms with Crippen LogP contribution < -0.4 is 14.8 Å². The van der Waals surface area contributed by atoms with Crippen molar-refractivity contribution in [1.82, 2.24) is 20.0 Å². The van der Waals surface area contributed by atoms with Gasteiger partial charge >= 0.3 is 0 Å². The number of hydrogen-bond acceptors (Lipinski definition) is 9. The zero-order chi connectivity index (χ0) is 25.8. The number of amides is 1. The summed E-state index contributed by atoms with van der Waals surface area (Å²) in [7, 11) is 0. The summed E-state index contributed by atoms with van der Waals surface area (Å²) >= 11 is 6.47. The number of aliphatic hydroxyl groups is 1. The number of likely N-dealkylation sites (tertiary alicyclic amines) is 1. The van der Waals surface area contributed by atoms with Crippen LogP contribution in [0, 0.1) is 6.92 Å². The molecule has 37 heavy (non-hydrogen) atoms. The lowest BCUT2D eigenvalue weighted by Crippen LogP contribution is -2.40. The summed E-state index contributed by atoms with van der Waals surface area (Å²) in [6.45, 7) is 2.49. The highest BCUT2D eigenvalue weighted by atomic mass is 35.5. The summed E-state index contributed by atoms with van der Waals surface area (Å²) in [6, 6.07) is 12.6. The summed E-state index contributed by atoms with van der Waals surface area (Å²) in [5.41, 5.74) is 2.09. The van der Waals surface area contributed by atoms with Gasteiger partial charge in [0.2, 0.25) is 5.91 Å². The molecule has 10 nitrogen and oxygen atoms in total. The van der Waals surface area contributed by atoms with Crippen LogP contribution in [0.3, 0.4) is 0 Å². The average molecular weight is 524 g/mol. The number of benzene rings is 2. The molecule has 0 radical (unpaired) electrons. The largest absolute Gasteiger partial charge is 0.491 e. The highest BCUT2D eigenvalue weighted by Gasteiger charge is 2.29. The van der Waals surface area contributed by atoms with Crippen LogP contribution in [0.15, 0.2) is 53.3 Å². The van der Waals surface area contributed by atoms with Crippen LogP contribution in [-0.4, -0.2) is 56.8 Å². The molecular formula is C26H26ClN5O5. The third kappa shape index (κ3) is 5.60. The Bertz CT molecular complexity index is 1410. The van der Waals surface area contributed by atoms with Crippen molar-refractivity contribution in [3.8, 4) is 11.5 Å². The Kier molecular flexibility index (Phi) is 7.38. The minimum atomic E-state index is -0.501. The number of hydrogen-bond donors (Lipinski definition) is 2. The number of carbonyl (C=O) groups is 1. The van der Waals surface area contributed by atoms with Gasteiger partial charge in [-0.05, 0) is 50.1 Å². The molecule has 1 fully saturated rings. The van der Waals surface area contributed by atoms with E-state index >= 15 is 0 Å². The zero-order valence-corrected chi connectivity index (χ0v) is 20.9. The Balaban J connectivity index is 1.33. The van der Waals surface area contributed by atoms with Gasteiger partial charge in [-0.3, -0.25) is 4.79 Å². The first-order valence-electron chi connectivity index (χ1n) is 11.9. The molecule has 0 aliphatic carbocycles. The monoisotopic (exact) mass is 523 g/mol. The average Bonchev–Trinajstić information content (AvgIpc) is 3.55. The van der Waals surface area contributed by atoms with Gasteiger partial charge in [-0.2, -0.15) is 0 Å². The summed E-state index contributed by atoms with van der Waals surface area (Å²) in [4.78, 5) is 22.5. The van der Waals surface area contributed by atoms with Crippen molar-refractivity contribution in [1.29, 1.82) is 0 Å². The van der Waals surface area contributed by atoms with Crippen molar-refractivity contribution in [2.75, 3.05) is 25.1 Å². The molecule has 0 saturated carbocycles. The summed E-state index contributed by atoms with van der Waals surface area (Å²) < 4.78 is 17.0. The van der Waals surface area contributed by atoms with Gasteiger partial charge in [-0.25, -0.2) is 9.97 Å². The second-order valence-electron chi connectivity index (χ2n) is 8.71. The Morgan fingerprint density at radius 3 is 2.89 bits per heavy atom. The number of aromatic nitrogens is 3. The number of nitrogens with zero attached hydrogens (tertiary/aromatic N) is 4. The van der Waals surface area contributed by atoms with Crippen molar-refractivity contribution in [3.05, 3.63) is 65.3 Å². The Labute approximate surface area is 218 Å². The van der Waals surface area contributed by atoms with Crippen molar-refractivity contribution < 1.29 is 23.9 Å². The predicted molar refractivity (Wildman–Crippen MR) is 137 cm³/mol. The van der Waals surface area contributed by atoms with Crippen LogP contribution >= 0.6 is 11.6 Å². The van der Waals surface area contributed by atoms with Crippen molar-refractivity contribution in [2.24, 2.45) is 0 Å². The molecule has 1 aliphatic heterocycles. The van der Waals surface area contributed by atoms with Gasteiger partial charge < -0.3 is 29.3 Å². The molecular weight excluding hydrogens is 498 g/mol. The fourth-order valence-corrected chi connectivity index (χ4v) is 4.61. The van der Waals surface area contributed by atoms with E-state index in [1.807, 2.05) is 31.2 Å². The normalized spacial score (nSPS) is 15.2. The summed E-state index contributed by atoms with van der Waals surface area (Å²) in [5, 5.41) is 17.6. The second-order valence-corrected chi connectivity index (χ2v) is 9.12. The zero-order valence-electron chi connectivity index (χ0n) is 20.2. The number of anilines is 2. The van der Waals surface area contributed by atoms with Gasteiger partial charge in [0.1, 0.15) is 54.9 Å². The van der Waals surface area contributed by atoms with Crippen LogP contribution in [0.25, 0.3) is 10.9 Å². The highest BCUT2D eigenvalue weighted by Crippen LogP contribution is 2.34. The number of aryl methyl sites for hydroxylation is 1. The molecule has 0 unspecified atom stereocenters. The SMILES string of the molecule is Cc1cc(COc2ccc(Nc3ncnc4cccc(OC[C@H]5CCCN5C(=O)CO)c34)cc2Cl)no1. The number of carbonyl (C=O) groups excluding carboxylic acids is 1. The maximum absolute atomic E-state index is 12.0. The molecule has 4 aromatic rings. The first-order valence-corrected chi connectivity index (χ1v) is 12.3. The van der Waals surface area contributed by atoms with E-state index in [-0.39, 0.29) is 18.6 Å². The van der Waals surface area contributed by atoms with Crippen LogP contribution in [0.4, 0.5) is 11.5 Å². The van der Waals surface area contributed by atoms with Gasteiger partial charge in [0.05, 0.1) is 22.0 Å². The summed E-state index contributed by atoms with van der Waals surface area (Å²) in [6.07, 6.45) is 3.18. The quantitative estimate of drug-likeness (QED) is 0.331. The van der Waals surface area contributed by atoms with Gasteiger partial charge in [-0.15, -0.1) is 0 Å². The third-order valence-corrected chi connectivity index (χ3v) is 6.43. The molecule has 11 heteroatoms. The lowest BCUT2D eigenvalue weighted by molar-refractivity contribution is -0.135. The third-order valence-electron chi connectivity index (χ3n) is 6.14. The fraction of sp³-hybridized carbons (Fsp3) is 0.308. The molecule has 2 aromatic carbocycles. The van der Waals surface area contributed by atoms with E-state index in [1.165, 1.54) is 6.33 Å². The number of ether oxygens (including phenoxy) is 2. The topological polar surface area (TPSA) is 123 Å². The number of halogens is 1. The second kappa shape index (κ2) is 11.0. The van der Waals surface area contributed by atoms with E-state index in [0.717, 1.165) is 12.8 Å². The smallest absolute Gasteiger partial charge is 0.248 e. The standard InChI is InChI=1S/C26H26ClN5O5/c1-16-10-18(31-37-16)13-35-22-8-7-17(11-20(22)27)30-26-25-21(28-15-29-26)5-2-6-23(25)36-14-19-4-3-9-32(19)24(34)12-33/h2,5-8,10-11,15,19,33H,3-4,9,12-14H2,1H3,(H,28,29,30)/t19-/m1/s1. The summed E-state index contributed by atoms with van der Waals surface area (Å²) in [5.74, 6) is 2.10. The molecule has 1 saturated heterocycles. The molecule has 1 aliphatic rings. The van der Waals surface area contributed by atoms with Crippen LogP contribution in [0.1, 0.15) is 24.3 Å². The van der Waals surface area contributed by atoms with E-state index in [1.54, 1.807) is 23.1 Å². The minimum Gasteiger partial charge on any atom is -0.491 e. The number of aliphatic hydroxyl groups excluding tert-OH is 1.